The molecular weight excluding hydrogens is 386 g/mol. The minimum atomic E-state index is 0.122. The number of nitrogens with one attached hydrogen (secondary N) is 1. The molecule has 2 atom stereocenters. The van der Waals surface area contributed by atoms with Crippen LogP contribution in [-0.4, -0.2) is 83.3 Å². The zero-order valence-corrected chi connectivity index (χ0v) is 18.4. The highest BCUT2D eigenvalue weighted by Crippen LogP contribution is 2.27. The van der Waals surface area contributed by atoms with Gasteiger partial charge in [0.15, 0.2) is 5.96 Å². The minimum Gasteiger partial charge on any atom is -0.496 e. The number of morpholine rings is 1. The smallest absolute Gasteiger partial charge is 0.194 e. The first-order valence-electron chi connectivity index (χ1n) is 10.9. The lowest BCUT2D eigenvalue weighted by molar-refractivity contribution is -0.0817. The van der Waals surface area contributed by atoms with Gasteiger partial charge < -0.3 is 33.9 Å². The molecule has 0 saturated carbocycles. The van der Waals surface area contributed by atoms with E-state index in [4.69, 9.17) is 28.7 Å². The van der Waals surface area contributed by atoms with Gasteiger partial charge in [-0.3, -0.25) is 4.99 Å². The summed E-state index contributed by atoms with van der Waals surface area (Å²) in [6, 6.07) is 5.54. The Labute approximate surface area is 179 Å². The Morgan fingerprint density at radius 3 is 2.50 bits per heavy atom. The van der Waals surface area contributed by atoms with Crippen molar-refractivity contribution in [2.75, 3.05) is 60.2 Å². The molecule has 8 nitrogen and oxygen atoms in total. The average Bonchev–Trinajstić information content (AvgIpc) is 3.33. The van der Waals surface area contributed by atoms with Gasteiger partial charge in [0.2, 0.25) is 0 Å². The van der Waals surface area contributed by atoms with Crippen LogP contribution in [0.3, 0.4) is 0 Å². The lowest BCUT2D eigenvalue weighted by atomic mass is 10.1. The summed E-state index contributed by atoms with van der Waals surface area (Å²) in [4.78, 5) is 7.09. The molecule has 2 aliphatic heterocycles. The SMILES string of the molecule is CCNC(=NCCCOc1cc(OC)cc(OC)c1)N1CCOC(C2CCCO2)C1. The quantitative estimate of drug-likeness (QED) is 0.373. The zero-order valence-electron chi connectivity index (χ0n) is 18.4. The Morgan fingerprint density at radius 1 is 1.10 bits per heavy atom. The molecule has 168 valence electrons. The molecule has 2 aliphatic rings. The van der Waals surface area contributed by atoms with Crippen molar-refractivity contribution in [1.29, 1.82) is 0 Å². The van der Waals surface area contributed by atoms with E-state index in [0.717, 1.165) is 57.2 Å². The maximum atomic E-state index is 5.96. The molecule has 0 bridgehead atoms. The fraction of sp³-hybridized carbons (Fsp3) is 0.682. The van der Waals surface area contributed by atoms with Crippen LogP contribution in [0.25, 0.3) is 0 Å². The van der Waals surface area contributed by atoms with E-state index >= 15 is 0 Å². The highest BCUT2D eigenvalue weighted by atomic mass is 16.5. The molecule has 8 heteroatoms. The van der Waals surface area contributed by atoms with Crippen molar-refractivity contribution in [2.45, 2.75) is 38.4 Å². The molecule has 0 aliphatic carbocycles. The molecule has 0 aromatic heterocycles. The Morgan fingerprint density at radius 2 is 1.83 bits per heavy atom. The first-order valence-corrected chi connectivity index (χ1v) is 10.9. The Bertz CT molecular complexity index is 656. The van der Waals surface area contributed by atoms with E-state index in [2.05, 4.69) is 17.1 Å². The maximum Gasteiger partial charge on any atom is 0.194 e. The van der Waals surface area contributed by atoms with Gasteiger partial charge in [0.25, 0.3) is 0 Å². The summed E-state index contributed by atoms with van der Waals surface area (Å²) >= 11 is 0. The molecule has 1 aromatic carbocycles. The highest BCUT2D eigenvalue weighted by molar-refractivity contribution is 5.80. The normalized spacial score (nSPS) is 22.1. The van der Waals surface area contributed by atoms with E-state index in [9.17, 15) is 0 Å². The van der Waals surface area contributed by atoms with Gasteiger partial charge in [-0.05, 0) is 19.8 Å². The van der Waals surface area contributed by atoms with Crippen molar-refractivity contribution in [1.82, 2.24) is 10.2 Å². The Balaban J connectivity index is 1.49. The summed E-state index contributed by atoms with van der Waals surface area (Å²) in [5.41, 5.74) is 0. The third-order valence-electron chi connectivity index (χ3n) is 5.27. The number of guanidine groups is 1. The summed E-state index contributed by atoms with van der Waals surface area (Å²) in [7, 11) is 3.26. The molecule has 3 rings (SSSR count). The molecule has 0 radical (unpaired) electrons. The Hall–Kier alpha value is -2.19. The summed E-state index contributed by atoms with van der Waals surface area (Å²) in [6.07, 6.45) is 3.35. The van der Waals surface area contributed by atoms with Crippen molar-refractivity contribution in [2.24, 2.45) is 4.99 Å². The molecule has 2 unspecified atom stereocenters. The van der Waals surface area contributed by atoms with Crippen molar-refractivity contribution in [3.05, 3.63) is 18.2 Å². The van der Waals surface area contributed by atoms with Crippen LogP contribution in [0.2, 0.25) is 0 Å². The number of aliphatic imine (C=N–C) groups is 1. The number of rotatable bonds is 9. The van der Waals surface area contributed by atoms with Gasteiger partial charge in [0.05, 0.1) is 33.5 Å². The van der Waals surface area contributed by atoms with Crippen LogP contribution in [0.5, 0.6) is 17.2 Å². The zero-order chi connectivity index (χ0) is 21.2. The Kier molecular flexibility index (Phi) is 8.89. The second-order valence-electron chi connectivity index (χ2n) is 7.39. The van der Waals surface area contributed by atoms with E-state index in [1.54, 1.807) is 14.2 Å². The van der Waals surface area contributed by atoms with Gasteiger partial charge in [0, 0.05) is 57.4 Å². The van der Waals surface area contributed by atoms with E-state index in [0.29, 0.717) is 31.3 Å². The molecule has 1 N–H and O–H groups in total. The van der Waals surface area contributed by atoms with Crippen molar-refractivity contribution in [3.8, 4) is 17.2 Å². The molecule has 0 spiro atoms. The van der Waals surface area contributed by atoms with Gasteiger partial charge in [0.1, 0.15) is 23.4 Å². The number of benzene rings is 1. The topological polar surface area (TPSA) is 73.8 Å². The largest absolute Gasteiger partial charge is 0.496 e. The van der Waals surface area contributed by atoms with E-state index in [1.807, 2.05) is 18.2 Å². The van der Waals surface area contributed by atoms with E-state index in [-0.39, 0.29) is 12.2 Å². The summed E-state index contributed by atoms with van der Waals surface area (Å²) in [5, 5.41) is 3.41. The summed E-state index contributed by atoms with van der Waals surface area (Å²) in [6.45, 7) is 7.39. The van der Waals surface area contributed by atoms with Gasteiger partial charge in [-0.2, -0.15) is 0 Å². The van der Waals surface area contributed by atoms with Crippen LogP contribution in [0.15, 0.2) is 23.2 Å². The van der Waals surface area contributed by atoms with E-state index in [1.165, 1.54) is 0 Å². The third-order valence-corrected chi connectivity index (χ3v) is 5.27. The molecule has 2 heterocycles. The van der Waals surface area contributed by atoms with Crippen LogP contribution < -0.4 is 19.5 Å². The second kappa shape index (κ2) is 11.9. The highest BCUT2D eigenvalue weighted by Gasteiger charge is 2.32. The van der Waals surface area contributed by atoms with Gasteiger partial charge in [-0.1, -0.05) is 0 Å². The lowest BCUT2D eigenvalue weighted by Crippen LogP contribution is -2.53. The number of hydrogen-bond donors (Lipinski definition) is 1. The summed E-state index contributed by atoms with van der Waals surface area (Å²) in [5.74, 6) is 3.09. The average molecular weight is 422 g/mol. The lowest BCUT2D eigenvalue weighted by Gasteiger charge is -2.37. The third kappa shape index (κ3) is 6.40. The predicted octanol–water partition coefficient (Wildman–Crippen LogP) is 2.32. The number of nitrogens with zero attached hydrogens (tertiary/aromatic N) is 2. The molecule has 2 fully saturated rings. The van der Waals surface area contributed by atoms with Crippen molar-refractivity contribution < 1.29 is 23.7 Å². The fourth-order valence-corrected chi connectivity index (χ4v) is 3.72. The second-order valence-corrected chi connectivity index (χ2v) is 7.39. The molecule has 30 heavy (non-hydrogen) atoms. The van der Waals surface area contributed by atoms with Gasteiger partial charge in [-0.25, -0.2) is 0 Å². The van der Waals surface area contributed by atoms with Gasteiger partial charge in [-0.15, -0.1) is 0 Å². The first kappa shape index (κ1) is 22.5. The van der Waals surface area contributed by atoms with Crippen LogP contribution in [0.4, 0.5) is 0 Å². The van der Waals surface area contributed by atoms with Crippen LogP contribution in [-0.2, 0) is 9.47 Å². The van der Waals surface area contributed by atoms with Crippen molar-refractivity contribution >= 4 is 5.96 Å². The predicted molar refractivity (Wildman–Crippen MR) is 116 cm³/mol. The number of ether oxygens (including phenoxy) is 5. The fourth-order valence-electron chi connectivity index (χ4n) is 3.72. The minimum absolute atomic E-state index is 0.122. The molecule has 1 aromatic rings. The van der Waals surface area contributed by atoms with Crippen molar-refractivity contribution in [3.63, 3.8) is 0 Å². The molecule has 0 amide bonds. The molecule has 2 saturated heterocycles. The van der Waals surface area contributed by atoms with Crippen LogP contribution in [0.1, 0.15) is 26.2 Å². The maximum absolute atomic E-state index is 5.96. The van der Waals surface area contributed by atoms with Crippen LogP contribution in [0, 0.1) is 0 Å². The van der Waals surface area contributed by atoms with Crippen LogP contribution >= 0.6 is 0 Å². The first-order chi connectivity index (χ1) is 14.7. The number of methoxy groups -OCH3 is 2. The molecular formula is C22H35N3O5. The standard InChI is InChI=1S/C22H35N3O5/c1-4-23-22(25-9-12-30-21(16-25)20-7-5-10-29-20)24-8-6-11-28-19-14-17(26-2)13-18(15-19)27-3/h13-15,20-21H,4-12,16H2,1-3H3,(H,23,24). The monoisotopic (exact) mass is 421 g/mol. The number of hydrogen-bond acceptors (Lipinski definition) is 6. The van der Waals surface area contributed by atoms with E-state index < -0.39 is 0 Å². The summed E-state index contributed by atoms with van der Waals surface area (Å²) < 4.78 is 28.2. The van der Waals surface area contributed by atoms with Gasteiger partial charge >= 0.3 is 0 Å².